The molecule has 5 heteroatoms. The fourth-order valence-electron chi connectivity index (χ4n) is 3.47. The molecule has 1 saturated carbocycles. The van der Waals surface area contributed by atoms with Gasteiger partial charge >= 0.3 is 0 Å². The van der Waals surface area contributed by atoms with Crippen molar-refractivity contribution in [3.63, 3.8) is 0 Å². The average molecular weight is 407 g/mol. The predicted molar refractivity (Wildman–Crippen MR) is 119 cm³/mol. The molecule has 2 aromatic carbocycles. The highest BCUT2D eigenvalue weighted by Gasteiger charge is 2.23. The smallest absolute Gasteiger partial charge is 0.220 e. The van der Waals surface area contributed by atoms with Crippen LogP contribution in [0.25, 0.3) is 16.9 Å². The Balaban J connectivity index is 1.65. The summed E-state index contributed by atoms with van der Waals surface area (Å²) < 4.78 is 7.56. The van der Waals surface area contributed by atoms with Crippen LogP contribution < -0.4 is 10.1 Å². The molecule has 29 heavy (non-hydrogen) atoms. The van der Waals surface area contributed by atoms with Crippen LogP contribution >= 0.6 is 11.8 Å². The normalized spacial score (nSPS) is 13.3. The number of nitrogens with zero attached hydrogens (tertiary/aromatic N) is 1. The molecule has 4 rings (SSSR count). The highest BCUT2D eigenvalue weighted by atomic mass is 32.2. The Morgan fingerprint density at radius 1 is 1.07 bits per heavy atom. The molecule has 1 N–H and O–H groups in total. The van der Waals surface area contributed by atoms with Gasteiger partial charge in [0, 0.05) is 28.7 Å². The molecule has 0 aliphatic heterocycles. The number of nitrogens with one attached hydrogen (secondary N) is 1. The lowest BCUT2D eigenvalue weighted by atomic mass is 10.1. The molecule has 1 aliphatic carbocycles. The molecule has 0 spiro atoms. The number of ether oxygens (including phenoxy) is 1. The van der Waals surface area contributed by atoms with Crippen LogP contribution in [0.3, 0.4) is 0 Å². The quantitative estimate of drug-likeness (QED) is 0.530. The molecule has 0 radical (unpaired) electrons. The van der Waals surface area contributed by atoms with Crippen LogP contribution in [0, 0.1) is 0 Å². The number of thioether (sulfide) groups is 1. The molecule has 4 nitrogen and oxygen atoms in total. The van der Waals surface area contributed by atoms with Crippen LogP contribution in [-0.4, -0.2) is 29.9 Å². The second kappa shape index (κ2) is 8.78. The van der Waals surface area contributed by atoms with Gasteiger partial charge in [0.25, 0.3) is 0 Å². The third-order valence-electron chi connectivity index (χ3n) is 5.23. The third kappa shape index (κ3) is 4.67. The maximum atomic E-state index is 12.2. The first-order valence-corrected chi connectivity index (χ1v) is 11.2. The van der Waals surface area contributed by atoms with E-state index in [0.717, 1.165) is 41.2 Å². The molecular formula is C24H26N2O2S. The van der Waals surface area contributed by atoms with Gasteiger partial charge in [0.1, 0.15) is 5.75 Å². The minimum absolute atomic E-state index is 0.143. The monoisotopic (exact) mass is 406 g/mol. The Labute approximate surface area is 176 Å². The second-order valence-corrected chi connectivity index (χ2v) is 8.19. The molecule has 1 heterocycles. The molecule has 1 amide bonds. The highest BCUT2D eigenvalue weighted by Crippen LogP contribution is 2.30. The second-order valence-electron chi connectivity index (χ2n) is 7.31. The summed E-state index contributed by atoms with van der Waals surface area (Å²) in [6, 6.07) is 21.4. The van der Waals surface area contributed by atoms with E-state index in [4.69, 9.17) is 4.74 Å². The molecule has 0 unspecified atom stereocenters. The zero-order valence-electron chi connectivity index (χ0n) is 16.9. The van der Waals surface area contributed by atoms with Crippen LogP contribution in [0.2, 0.25) is 0 Å². The Morgan fingerprint density at radius 2 is 1.79 bits per heavy atom. The molecule has 3 aromatic rings. The molecule has 0 bridgehead atoms. The molecule has 150 valence electrons. The summed E-state index contributed by atoms with van der Waals surface area (Å²) in [6.07, 6.45) is 5.53. The van der Waals surface area contributed by atoms with E-state index in [-0.39, 0.29) is 5.91 Å². The van der Waals surface area contributed by atoms with E-state index in [0.29, 0.717) is 18.9 Å². The van der Waals surface area contributed by atoms with Crippen molar-refractivity contribution in [2.75, 3.05) is 13.4 Å². The molecule has 1 aliphatic rings. The number of carbonyl (C=O) groups excluding carboxylic acids is 1. The first-order valence-electron chi connectivity index (χ1n) is 9.97. The van der Waals surface area contributed by atoms with Crippen LogP contribution in [0.5, 0.6) is 5.75 Å². The Morgan fingerprint density at radius 3 is 2.41 bits per heavy atom. The van der Waals surface area contributed by atoms with Crippen LogP contribution in [-0.2, 0) is 11.2 Å². The number of rotatable bonds is 8. The molecular weight excluding hydrogens is 380 g/mol. The van der Waals surface area contributed by atoms with E-state index in [1.54, 1.807) is 18.9 Å². The van der Waals surface area contributed by atoms with E-state index in [1.807, 2.05) is 12.1 Å². The van der Waals surface area contributed by atoms with Crippen molar-refractivity contribution in [1.82, 2.24) is 9.88 Å². The summed E-state index contributed by atoms with van der Waals surface area (Å²) in [7, 11) is 1.68. The van der Waals surface area contributed by atoms with Gasteiger partial charge < -0.3 is 14.6 Å². The SMILES string of the molecule is COc1ccc(-c2ccc(CCC(=O)NC3CC3)n2-c2ccc(SC)cc2)cc1. The number of carbonyl (C=O) groups is 1. The maximum absolute atomic E-state index is 12.2. The summed E-state index contributed by atoms with van der Waals surface area (Å²) in [5.41, 5.74) is 4.48. The summed E-state index contributed by atoms with van der Waals surface area (Å²) in [6.45, 7) is 0. The zero-order chi connectivity index (χ0) is 20.2. The van der Waals surface area contributed by atoms with Gasteiger partial charge in [-0.05, 0) is 91.7 Å². The lowest BCUT2D eigenvalue weighted by Crippen LogP contribution is -2.25. The number of methoxy groups -OCH3 is 1. The van der Waals surface area contributed by atoms with Gasteiger partial charge in [-0.2, -0.15) is 0 Å². The first kappa shape index (κ1) is 19.6. The summed E-state index contributed by atoms with van der Waals surface area (Å²) in [4.78, 5) is 13.4. The van der Waals surface area contributed by atoms with Crippen LogP contribution in [0.1, 0.15) is 25.0 Å². The lowest BCUT2D eigenvalue weighted by Gasteiger charge is -2.15. The topological polar surface area (TPSA) is 43.3 Å². The van der Waals surface area contributed by atoms with E-state index in [1.165, 1.54) is 4.90 Å². The van der Waals surface area contributed by atoms with Crippen molar-refractivity contribution in [2.24, 2.45) is 0 Å². The van der Waals surface area contributed by atoms with Crippen LogP contribution in [0.4, 0.5) is 0 Å². The van der Waals surface area contributed by atoms with Crippen molar-refractivity contribution >= 4 is 17.7 Å². The van der Waals surface area contributed by atoms with Crippen LogP contribution in [0.15, 0.2) is 65.6 Å². The maximum Gasteiger partial charge on any atom is 0.220 e. The first-order chi connectivity index (χ1) is 14.2. The average Bonchev–Trinajstić information content (AvgIpc) is 3.48. The highest BCUT2D eigenvalue weighted by molar-refractivity contribution is 7.98. The van der Waals surface area contributed by atoms with Gasteiger partial charge in [0.15, 0.2) is 0 Å². The fraction of sp³-hybridized carbons (Fsp3) is 0.292. The number of hydrogen-bond acceptors (Lipinski definition) is 3. The van der Waals surface area contributed by atoms with Gasteiger partial charge in [0.2, 0.25) is 5.91 Å². The van der Waals surface area contributed by atoms with E-state index in [2.05, 4.69) is 64.7 Å². The minimum Gasteiger partial charge on any atom is -0.497 e. The Kier molecular flexibility index (Phi) is 5.95. The zero-order valence-corrected chi connectivity index (χ0v) is 17.7. The van der Waals surface area contributed by atoms with Crippen molar-refractivity contribution in [1.29, 1.82) is 0 Å². The number of benzene rings is 2. The van der Waals surface area contributed by atoms with E-state index >= 15 is 0 Å². The minimum atomic E-state index is 0.143. The van der Waals surface area contributed by atoms with Gasteiger partial charge in [-0.3, -0.25) is 4.79 Å². The molecule has 1 aromatic heterocycles. The largest absolute Gasteiger partial charge is 0.497 e. The molecule has 1 fully saturated rings. The number of aromatic nitrogens is 1. The predicted octanol–water partition coefficient (Wildman–Crippen LogP) is 5.09. The van der Waals surface area contributed by atoms with Crippen molar-refractivity contribution in [3.05, 3.63) is 66.4 Å². The Hall–Kier alpha value is -2.66. The fourth-order valence-corrected chi connectivity index (χ4v) is 3.87. The van der Waals surface area contributed by atoms with Gasteiger partial charge in [-0.25, -0.2) is 0 Å². The van der Waals surface area contributed by atoms with E-state index in [9.17, 15) is 4.79 Å². The summed E-state index contributed by atoms with van der Waals surface area (Å²) in [5, 5.41) is 3.08. The molecule has 0 saturated heterocycles. The lowest BCUT2D eigenvalue weighted by molar-refractivity contribution is -0.121. The van der Waals surface area contributed by atoms with Gasteiger partial charge in [-0.15, -0.1) is 11.8 Å². The number of amides is 1. The van der Waals surface area contributed by atoms with Crippen molar-refractivity contribution in [3.8, 4) is 22.7 Å². The standard InChI is InChI=1S/C24H26N2O2S/c1-28-21-11-3-17(4-12-21)23-15-9-20(10-16-24(27)25-18-5-6-18)26(23)19-7-13-22(29-2)14-8-19/h3-4,7-9,11-15,18H,5-6,10,16H2,1-2H3,(H,25,27). The molecule has 0 atom stereocenters. The summed E-state index contributed by atoms with van der Waals surface area (Å²) >= 11 is 1.73. The van der Waals surface area contributed by atoms with Crippen molar-refractivity contribution in [2.45, 2.75) is 36.6 Å². The summed E-state index contributed by atoms with van der Waals surface area (Å²) in [5.74, 6) is 0.983. The van der Waals surface area contributed by atoms with Gasteiger partial charge in [-0.1, -0.05) is 0 Å². The van der Waals surface area contributed by atoms with Gasteiger partial charge in [0.05, 0.1) is 12.8 Å². The number of hydrogen-bond donors (Lipinski definition) is 1. The van der Waals surface area contributed by atoms with E-state index < -0.39 is 0 Å². The van der Waals surface area contributed by atoms with Crippen molar-refractivity contribution < 1.29 is 9.53 Å². The third-order valence-corrected chi connectivity index (χ3v) is 5.97. The number of aryl methyl sites for hydroxylation is 1. The Bertz CT molecular complexity index is 973.